The smallest absolute Gasteiger partial charge is 0.373 e. The van der Waals surface area contributed by atoms with Crippen molar-refractivity contribution in [3.63, 3.8) is 0 Å². The molecule has 4 nitrogen and oxygen atoms in total. The second-order valence-electron chi connectivity index (χ2n) is 4.32. The average Bonchev–Trinajstić information content (AvgIpc) is 2.73. The fourth-order valence-electron chi connectivity index (χ4n) is 1.65. The maximum Gasteiger partial charge on any atom is 0.373 e. The SMILES string of the molecule is CC(C)c1nc(-c2ccc(F)cc2Br)oc1C(=O)O. The van der Waals surface area contributed by atoms with Gasteiger partial charge in [0.05, 0.1) is 11.3 Å². The topological polar surface area (TPSA) is 63.3 Å². The Balaban J connectivity index is 2.57. The zero-order valence-electron chi connectivity index (χ0n) is 10.3. The van der Waals surface area contributed by atoms with Crippen molar-refractivity contribution >= 4 is 21.9 Å². The van der Waals surface area contributed by atoms with Gasteiger partial charge < -0.3 is 9.52 Å². The number of benzene rings is 1. The first-order valence-electron chi connectivity index (χ1n) is 5.59. The number of aromatic nitrogens is 1. The highest BCUT2D eigenvalue weighted by atomic mass is 79.9. The van der Waals surface area contributed by atoms with Gasteiger partial charge in [0.25, 0.3) is 0 Å². The summed E-state index contributed by atoms with van der Waals surface area (Å²) in [6.45, 7) is 3.65. The number of carboxylic acid groups (broad SMARTS) is 1. The van der Waals surface area contributed by atoms with Crippen LogP contribution in [0.1, 0.15) is 36.0 Å². The highest BCUT2D eigenvalue weighted by molar-refractivity contribution is 9.10. The van der Waals surface area contributed by atoms with Crippen molar-refractivity contribution in [2.24, 2.45) is 0 Å². The summed E-state index contributed by atoms with van der Waals surface area (Å²) < 4.78 is 18.8. The minimum atomic E-state index is -1.17. The largest absolute Gasteiger partial charge is 0.475 e. The van der Waals surface area contributed by atoms with Crippen molar-refractivity contribution in [3.05, 3.63) is 39.9 Å². The molecule has 1 aromatic heterocycles. The molecule has 1 heterocycles. The molecule has 2 aromatic rings. The standard InChI is InChI=1S/C13H11BrFNO3/c1-6(2)10-11(13(17)18)19-12(16-10)8-4-3-7(15)5-9(8)14/h3-6H,1-2H3,(H,17,18). The van der Waals surface area contributed by atoms with E-state index in [1.165, 1.54) is 18.2 Å². The van der Waals surface area contributed by atoms with Gasteiger partial charge >= 0.3 is 5.97 Å². The van der Waals surface area contributed by atoms with Crippen molar-refractivity contribution in [2.45, 2.75) is 19.8 Å². The van der Waals surface area contributed by atoms with Crippen LogP contribution in [-0.2, 0) is 0 Å². The molecule has 0 bridgehead atoms. The predicted octanol–water partition coefficient (Wildman–Crippen LogP) is 4.06. The monoisotopic (exact) mass is 327 g/mol. The molecule has 2 rings (SSSR count). The van der Waals surface area contributed by atoms with Gasteiger partial charge in [0, 0.05) is 4.47 Å². The molecule has 19 heavy (non-hydrogen) atoms. The summed E-state index contributed by atoms with van der Waals surface area (Å²) in [4.78, 5) is 15.3. The van der Waals surface area contributed by atoms with Crippen LogP contribution in [0.2, 0.25) is 0 Å². The lowest BCUT2D eigenvalue weighted by Crippen LogP contribution is -2.01. The first-order valence-corrected chi connectivity index (χ1v) is 6.39. The molecule has 1 aromatic carbocycles. The number of halogens is 2. The van der Waals surface area contributed by atoms with E-state index in [2.05, 4.69) is 20.9 Å². The fraction of sp³-hybridized carbons (Fsp3) is 0.231. The molecule has 0 saturated heterocycles. The molecule has 0 spiro atoms. The lowest BCUT2D eigenvalue weighted by atomic mass is 10.1. The van der Waals surface area contributed by atoms with Crippen LogP contribution >= 0.6 is 15.9 Å². The van der Waals surface area contributed by atoms with Crippen molar-refractivity contribution in [3.8, 4) is 11.5 Å². The van der Waals surface area contributed by atoms with Gasteiger partial charge in [-0.3, -0.25) is 0 Å². The number of carboxylic acids is 1. The van der Waals surface area contributed by atoms with Gasteiger partial charge in [-0.25, -0.2) is 14.2 Å². The van der Waals surface area contributed by atoms with Crippen LogP contribution in [0.5, 0.6) is 0 Å². The summed E-state index contributed by atoms with van der Waals surface area (Å²) >= 11 is 3.20. The molecule has 6 heteroatoms. The van der Waals surface area contributed by atoms with E-state index in [4.69, 9.17) is 9.52 Å². The van der Waals surface area contributed by atoms with Crippen LogP contribution in [0.4, 0.5) is 4.39 Å². The van der Waals surface area contributed by atoms with Crippen LogP contribution in [0, 0.1) is 5.82 Å². The van der Waals surface area contributed by atoms with Crippen LogP contribution in [0.25, 0.3) is 11.5 Å². The Bertz CT molecular complexity index is 637. The van der Waals surface area contributed by atoms with Crippen LogP contribution in [-0.4, -0.2) is 16.1 Å². The van der Waals surface area contributed by atoms with Gasteiger partial charge in [-0.1, -0.05) is 13.8 Å². The van der Waals surface area contributed by atoms with Crippen LogP contribution < -0.4 is 0 Å². The lowest BCUT2D eigenvalue weighted by molar-refractivity contribution is 0.0661. The minimum absolute atomic E-state index is 0.0807. The summed E-state index contributed by atoms with van der Waals surface area (Å²) in [5.41, 5.74) is 0.884. The molecule has 1 N–H and O–H groups in total. The van der Waals surface area contributed by atoms with Gasteiger partial charge in [-0.2, -0.15) is 0 Å². The summed E-state index contributed by atoms with van der Waals surface area (Å²) in [6.07, 6.45) is 0. The van der Waals surface area contributed by atoms with Gasteiger partial charge in [0.1, 0.15) is 5.82 Å². The van der Waals surface area contributed by atoms with Gasteiger partial charge in [0.2, 0.25) is 11.7 Å². The minimum Gasteiger partial charge on any atom is -0.475 e. The Hall–Kier alpha value is -1.69. The molecule has 0 amide bonds. The molecule has 100 valence electrons. The van der Waals surface area contributed by atoms with Crippen LogP contribution in [0.15, 0.2) is 27.1 Å². The maximum atomic E-state index is 13.0. The molecule has 0 aliphatic heterocycles. The molecular weight excluding hydrogens is 317 g/mol. The highest BCUT2D eigenvalue weighted by Crippen LogP contribution is 2.31. The lowest BCUT2D eigenvalue weighted by Gasteiger charge is -1.99. The first-order chi connectivity index (χ1) is 8.90. The summed E-state index contributed by atoms with van der Waals surface area (Å²) in [5.74, 6) is -1.66. The number of hydrogen-bond donors (Lipinski definition) is 1. The summed E-state index contributed by atoms with van der Waals surface area (Å²) in [5, 5.41) is 9.08. The van der Waals surface area contributed by atoms with E-state index in [9.17, 15) is 9.18 Å². The molecule has 0 atom stereocenters. The molecular formula is C13H11BrFNO3. The fourth-order valence-corrected chi connectivity index (χ4v) is 2.18. The van der Waals surface area contributed by atoms with Crippen molar-refractivity contribution in [1.29, 1.82) is 0 Å². The Morgan fingerprint density at radius 2 is 2.16 bits per heavy atom. The van der Waals surface area contributed by atoms with Crippen molar-refractivity contribution in [2.75, 3.05) is 0 Å². The first kappa shape index (κ1) is 13.7. The Kier molecular flexibility index (Phi) is 3.71. The van der Waals surface area contributed by atoms with E-state index < -0.39 is 11.8 Å². The second-order valence-corrected chi connectivity index (χ2v) is 5.17. The summed E-state index contributed by atoms with van der Waals surface area (Å²) in [7, 11) is 0. The van der Waals surface area contributed by atoms with Gasteiger partial charge in [-0.15, -0.1) is 0 Å². The van der Waals surface area contributed by atoms with E-state index in [0.717, 1.165) is 0 Å². The highest BCUT2D eigenvalue weighted by Gasteiger charge is 2.23. The molecule has 0 fully saturated rings. The number of oxazole rings is 1. The normalized spacial score (nSPS) is 11.0. The zero-order chi connectivity index (χ0) is 14.2. The predicted molar refractivity (Wildman–Crippen MR) is 70.6 cm³/mol. The number of aromatic carboxylic acids is 1. The third kappa shape index (κ3) is 2.68. The molecule has 0 unspecified atom stereocenters. The average molecular weight is 328 g/mol. The number of carbonyl (C=O) groups is 1. The maximum absolute atomic E-state index is 13.0. The quantitative estimate of drug-likeness (QED) is 0.923. The molecule has 0 aliphatic carbocycles. The second kappa shape index (κ2) is 5.13. The van der Waals surface area contributed by atoms with E-state index in [0.29, 0.717) is 15.7 Å². The number of hydrogen-bond acceptors (Lipinski definition) is 3. The number of nitrogens with zero attached hydrogens (tertiary/aromatic N) is 1. The van der Waals surface area contributed by atoms with E-state index in [1.807, 2.05) is 13.8 Å². The van der Waals surface area contributed by atoms with Gasteiger partial charge in [0.15, 0.2) is 0 Å². The van der Waals surface area contributed by atoms with E-state index in [1.54, 1.807) is 0 Å². The molecule has 0 radical (unpaired) electrons. The zero-order valence-corrected chi connectivity index (χ0v) is 11.9. The molecule has 0 aliphatic rings. The van der Waals surface area contributed by atoms with Gasteiger partial charge in [-0.05, 0) is 40.0 Å². The van der Waals surface area contributed by atoms with E-state index in [-0.39, 0.29) is 17.6 Å². The number of rotatable bonds is 3. The molecule has 0 saturated carbocycles. The third-order valence-corrected chi connectivity index (χ3v) is 3.21. The third-order valence-electron chi connectivity index (χ3n) is 2.56. The Morgan fingerprint density at radius 3 is 2.63 bits per heavy atom. The van der Waals surface area contributed by atoms with Crippen LogP contribution in [0.3, 0.4) is 0 Å². The van der Waals surface area contributed by atoms with E-state index >= 15 is 0 Å². The Labute approximate surface area is 117 Å². The van der Waals surface area contributed by atoms with Crippen molar-refractivity contribution < 1.29 is 18.7 Å². The van der Waals surface area contributed by atoms with Crippen molar-refractivity contribution in [1.82, 2.24) is 4.98 Å². The Morgan fingerprint density at radius 1 is 1.47 bits per heavy atom. The summed E-state index contributed by atoms with van der Waals surface area (Å²) in [6, 6.07) is 4.02.